The molecule has 0 amide bonds. The highest BCUT2D eigenvalue weighted by Gasteiger charge is 2.04. The molecule has 1 N–H and O–H groups in total. The van der Waals surface area contributed by atoms with E-state index in [-0.39, 0.29) is 5.69 Å². The van der Waals surface area contributed by atoms with Crippen molar-refractivity contribution < 1.29 is 9.45 Å². The van der Waals surface area contributed by atoms with Gasteiger partial charge in [0.05, 0.1) is 11.5 Å². The maximum atomic E-state index is 10.5. The normalized spacial score (nSPS) is 10.6. The van der Waals surface area contributed by atoms with Crippen LogP contribution in [-0.4, -0.2) is 21.6 Å². The quantitative estimate of drug-likeness (QED) is 0.483. The Balaban J connectivity index is 1.75. The Labute approximate surface area is 109 Å². The molecule has 1 aromatic heterocycles. The van der Waals surface area contributed by atoms with Gasteiger partial charge in [-0.1, -0.05) is 17.3 Å². The Kier molecular flexibility index (Phi) is 4.19. The fraction of sp³-hybridized carbons (Fsp3) is 0.333. The molecule has 0 atom stereocenters. The molecule has 0 radical (unpaired) electrons. The van der Waals surface area contributed by atoms with Gasteiger partial charge in [0.1, 0.15) is 0 Å². The summed E-state index contributed by atoms with van der Waals surface area (Å²) in [4.78, 5) is 14.2. The lowest BCUT2D eigenvalue weighted by Crippen LogP contribution is -2.16. The highest BCUT2D eigenvalue weighted by atomic mass is 16.6. The van der Waals surface area contributed by atoms with E-state index in [2.05, 4.69) is 15.5 Å². The first-order valence-electron chi connectivity index (χ1n) is 5.88. The first-order valence-corrected chi connectivity index (χ1v) is 5.88. The lowest BCUT2D eigenvalue weighted by Gasteiger charge is -2.02. The molecule has 0 bridgehead atoms. The molecule has 0 saturated carbocycles. The van der Waals surface area contributed by atoms with E-state index in [4.69, 9.17) is 4.52 Å². The number of nitrogens with zero attached hydrogens (tertiary/aromatic N) is 3. The number of non-ortho nitro benzene ring substituents is 1. The lowest BCUT2D eigenvalue weighted by molar-refractivity contribution is -0.384. The first kappa shape index (κ1) is 13.2. The molecule has 2 aromatic rings. The topological polar surface area (TPSA) is 94.1 Å². The van der Waals surface area contributed by atoms with Gasteiger partial charge in [0.15, 0.2) is 5.82 Å². The Morgan fingerprint density at radius 1 is 1.37 bits per heavy atom. The van der Waals surface area contributed by atoms with E-state index in [9.17, 15) is 10.1 Å². The van der Waals surface area contributed by atoms with Crippen LogP contribution in [0.2, 0.25) is 0 Å². The third kappa shape index (κ3) is 3.85. The van der Waals surface area contributed by atoms with Gasteiger partial charge in [0.2, 0.25) is 5.89 Å². The molecule has 0 saturated heterocycles. The number of aryl methyl sites for hydroxylation is 1. The molecular formula is C12H14N4O3. The average molecular weight is 262 g/mol. The number of hydrogen-bond donors (Lipinski definition) is 1. The van der Waals surface area contributed by atoms with Gasteiger partial charge in [0.25, 0.3) is 5.69 Å². The van der Waals surface area contributed by atoms with E-state index in [1.165, 1.54) is 12.1 Å². The lowest BCUT2D eigenvalue weighted by atomic mass is 10.1. The summed E-state index contributed by atoms with van der Waals surface area (Å²) in [6, 6.07) is 6.54. The number of benzene rings is 1. The van der Waals surface area contributed by atoms with Crippen LogP contribution in [0.5, 0.6) is 0 Å². The molecule has 1 aromatic carbocycles. The number of rotatable bonds is 6. The van der Waals surface area contributed by atoms with Crippen LogP contribution in [0.1, 0.15) is 17.3 Å². The third-order valence-corrected chi connectivity index (χ3v) is 2.58. The van der Waals surface area contributed by atoms with E-state index in [0.717, 1.165) is 18.5 Å². The van der Waals surface area contributed by atoms with Gasteiger partial charge in [-0.2, -0.15) is 4.98 Å². The third-order valence-electron chi connectivity index (χ3n) is 2.58. The second kappa shape index (κ2) is 6.05. The second-order valence-electron chi connectivity index (χ2n) is 4.09. The van der Waals surface area contributed by atoms with Crippen molar-refractivity contribution in [2.45, 2.75) is 19.9 Å². The van der Waals surface area contributed by atoms with Crippen molar-refractivity contribution in [1.82, 2.24) is 15.5 Å². The number of nitro benzene ring substituents is 1. The van der Waals surface area contributed by atoms with Crippen molar-refractivity contribution in [2.24, 2.45) is 0 Å². The molecule has 100 valence electrons. The van der Waals surface area contributed by atoms with Crippen LogP contribution in [0.3, 0.4) is 0 Å². The van der Waals surface area contributed by atoms with E-state index in [0.29, 0.717) is 18.3 Å². The summed E-state index contributed by atoms with van der Waals surface area (Å²) >= 11 is 0. The van der Waals surface area contributed by atoms with Crippen LogP contribution in [0, 0.1) is 17.0 Å². The maximum absolute atomic E-state index is 10.5. The largest absolute Gasteiger partial charge is 0.338 e. The molecule has 0 aliphatic carbocycles. The molecule has 19 heavy (non-hydrogen) atoms. The number of hydrogen-bond acceptors (Lipinski definition) is 6. The summed E-state index contributed by atoms with van der Waals surface area (Å²) < 4.78 is 4.96. The Morgan fingerprint density at radius 3 is 2.68 bits per heavy atom. The van der Waals surface area contributed by atoms with E-state index in [1.54, 1.807) is 19.1 Å². The summed E-state index contributed by atoms with van der Waals surface area (Å²) in [6.45, 7) is 3.02. The zero-order valence-electron chi connectivity index (χ0n) is 10.5. The van der Waals surface area contributed by atoms with Crippen molar-refractivity contribution in [3.8, 4) is 0 Å². The smallest absolute Gasteiger partial charge is 0.269 e. The van der Waals surface area contributed by atoms with Crippen molar-refractivity contribution in [3.63, 3.8) is 0 Å². The average Bonchev–Trinajstić information content (AvgIpc) is 2.81. The minimum absolute atomic E-state index is 0.109. The van der Waals surface area contributed by atoms with E-state index < -0.39 is 4.92 Å². The predicted octanol–water partition coefficient (Wildman–Crippen LogP) is 1.62. The molecule has 2 rings (SSSR count). The first-order chi connectivity index (χ1) is 9.15. The molecule has 0 unspecified atom stereocenters. The van der Waals surface area contributed by atoms with Crippen LogP contribution < -0.4 is 5.32 Å². The van der Waals surface area contributed by atoms with Crippen LogP contribution >= 0.6 is 0 Å². The SMILES string of the molecule is Cc1noc(CNCCc2ccc([N+](=O)[O-])cc2)n1. The van der Waals surface area contributed by atoms with Gasteiger partial charge in [-0.15, -0.1) is 0 Å². The molecule has 0 aliphatic rings. The van der Waals surface area contributed by atoms with Crippen LogP contribution in [-0.2, 0) is 13.0 Å². The molecule has 0 aliphatic heterocycles. The van der Waals surface area contributed by atoms with Gasteiger partial charge in [0, 0.05) is 12.1 Å². The Hall–Kier alpha value is -2.28. The summed E-state index contributed by atoms with van der Waals surface area (Å²) in [6.07, 6.45) is 0.783. The molecule has 1 heterocycles. The standard InChI is InChI=1S/C12H14N4O3/c1-9-14-12(19-15-9)8-13-7-6-10-2-4-11(5-3-10)16(17)18/h2-5,13H,6-8H2,1H3. The number of nitro groups is 1. The fourth-order valence-corrected chi connectivity index (χ4v) is 1.62. The van der Waals surface area contributed by atoms with Gasteiger partial charge < -0.3 is 9.84 Å². The molecule has 0 fully saturated rings. The fourth-order valence-electron chi connectivity index (χ4n) is 1.62. The second-order valence-corrected chi connectivity index (χ2v) is 4.09. The minimum atomic E-state index is -0.403. The molecule has 0 spiro atoms. The summed E-state index contributed by atoms with van der Waals surface area (Å²) in [7, 11) is 0. The minimum Gasteiger partial charge on any atom is -0.338 e. The highest BCUT2D eigenvalue weighted by Crippen LogP contribution is 2.11. The summed E-state index contributed by atoms with van der Waals surface area (Å²) in [5.74, 6) is 1.17. The van der Waals surface area contributed by atoms with Gasteiger partial charge >= 0.3 is 0 Å². The highest BCUT2D eigenvalue weighted by molar-refractivity contribution is 5.32. The number of nitrogens with one attached hydrogen (secondary N) is 1. The Bertz CT molecular complexity index is 550. The Morgan fingerprint density at radius 2 is 2.11 bits per heavy atom. The van der Waals surface area contributed by atoms with Crippen LogP contribution in [0.25, 0.3) is 0 Å². The van der Waals surface area contributed by atoms with Crippen LogP contribution in [0.4, 0.5) is 5.69 Å². The van der Waals surface area contributed by atoms with Crippen molar-refractivity contribution >= 4 is 5.69 Å². The predicted molar refractivity (Wildman–Crippen MR) is 67.5 cm³/mol. The van der Waals surface area contributed by atoms with Crippen molar-refractivity contribution in [2.75, 3.05) is 6.54 Å². The molecule has 7 heteroatoms. The summed E-state index contributed by atoms with van der Waals surface area (Å²) in [5.41, 5.74) is 1.15. The molecule has 7 nitrogen and oxygen atoms in total. The van der Waals surface area contributed by atoms with Gasteiger partial charge in [-0.05, 0) is 25.5 Å². The van der Waals surface area contributed by atoms with Crippen LogP contribution in [0.15, 0.2) is 28.8 Å². The number of aromatic nitrogens is 2. The van der Waals surface area contributed by atoms with Gasteiger partial charge in [-0.3, -0.25) is 10.1 Å². The van der Waals surface area contributed by atoms with Crippen molar-refractivity contribution in [1.29, 1.82) is 0 Å². The van der Waals surface area contributed by atoms with Crippen molar-refractivity contribution in [3.05, 3.63) is 51.7 Å². The monoisotopic (exact) mass is 262 g/mol. The zero-order chi connectivity index (χ0) is 13.7. The summed E-state index contributed by atoms with van der Waals surface area (Å²) in [5, 5.41) is 17.4. The van der Waals surface area contributed by atoms with Gasteiger partial charge in [-0.25, -0.2) is 0 Å². The van der Waals surface area contributed by atoms with E-state index in [1.807, 2.05) is 0 Å². The zero-order valence-corrected chi connectivity index (χ0v) is 10.5. The van der Waals surface area contributed by atoms with E-state index >= 15 is 0 Å². The maximum Gasteiger partial charge on any atom is 0.269 e. The molecular weight excluding hydrogens is 248 g/mol.